The van der Waals surface area contributed by atoms with E-state index in [1.165, 1.54) is 26.0 Å². The van der Waals surface area contributed by atoms with Crippen LogP contribution in [0.3, 0.4) is 0 Å². The molecule has 2 aromatic rings. The minimum absolute atomic E-state index is 0.0128. The highest BCUT2D eigenvalue weighted by Crippen LogP contribution is 2.48. The third kappa shape index (κ3) is 9.23. The van der Waals surface area contributed by atoms with Crippen molar-refractivity contribution in [1.82, 2.24) is 24.8 Å². The van der Waals surface area contributed by atoms with Gasteiger partial charge >= 0.3 is 12.3 Å². The van der Waals surface area contributed by atoms with Crippen molar-refractivity contribution in [2.45, 2.75) is 120 Å². The Bertz CT molecular complexity index is 2160. The molecule has 2 aliphatic carbocycles. The van der Waals surface area contributed by atoms with Gasteiger partial charge in [0.05, 0.1) is 11.3 Å². The Labute approximate surface area is 348 Å². The fourth-order valence-corrected chi connectivity index (χ4v) is 9.65. The van der Waals surface area contributed by atoms with Crippen LogP contribution < -0.4 is 19.5 Å². The second kappa shape index (κ2) is 16.8. The number of hydrogen-bond acceptors (Lipinski definition) is 9. The molecule has 0 spiro atoms. The van der Waals surface area contributed by atoms with Gasteiger partial charge in [0, 0.05) is 34.2 Å². The summed E-state index contributed by atoms with van der Waals surface area (Å²) in [4.78, 5) is 61.3. The van der Waals surface area contributed by atoms with Crippen molar-refractivity contribution in [3.8, 4) is 11.8 Å². The zero-order valence-corrected chi connectivity index (χ0v) is 34.8. The molecule has 3 N–H and O–H groups in total. The molecule has 1 saturated heterocycles. The number of rotatable bonds is 10. The van der Waals surface area contributed by atoms with Gasteiger partial charge in [-0.3, -0.25) is 24.0 Å². The van der Waals surface area contributed by atoms with Crippen LogP contribution in [0, 0.1) is 17.8 Å². The molecule has 2 aliphatic heterocycles. The first-order valence-electron chi connectivity index (χ1n) is 19.6. The average molecular weight is 892 g/mol. The number of nitrogens with zero attached hydrogens (tertiary/aromatic N) is 3. The third-order valence-electron chi connectivity index (χ3n) is 12.0. The molecule has 8 atom stereocenters. The number of alkyl halides is 5. The highest BCUT2D eigenvalue weighted by molar-refractivity contribution is 7.91. The van der Waals surface area contributed by atoms with E-state index in [4.69, 9.17) is 21.1 Å². The van der Waals surface area contributed by atoms with Crippen LogP contribution in [0.4, 0.5) is 26.7 Å². The monoisotopic (exact) mass is 891 g/mol. The van der Waals surface area contributed by atoms with Gasteiger partial charge in [-0.2, -0.15) is 18.2 Å². The summed E-state index contributed by atoms with van der Waals surface area (Å²) in [5, 5.41) is 13.7. The molecule has 21 heteroatoms. The van der Waals surface area contributed by atoms with E-state index in [1.54, 1.807) is 31.2 Å². The molecule has 330 valence electrons. The predicted molar refractivity (Wildman–Crippen MR) is 207 cm³/mol. The van der Waals surface area contributed by atoms with Gasteiger partial charge in [0.25, 0.3) is 12.3 Å². The standard InChI is InChI=1S/C39H47ClF5N5O9S/c1-20-8-5-6-9-23-17-38(23,35(53)48-60(56,57)37(4)12-13-37)47-32(51)28-15-24(59-33-25-10-7-11-27(40)26(25)16-30(46-33)58-19-29(41)42)18-49(28)34(52)31(21(2)14-20)50(36(54)55)22(3)39(43,44)45/h6-7,9-11,16,20-24,28-29,31H,5,8,12-15,17-19H2,1-4H3,(H,47,51)(H,48,53)(H,54,55)/b9-6-/t20-,21-,22-,23-,24-,28+,31+,38-/m1/s1. The second-order valence-corrected chi connectivity index (χ2v) is 19.2. The molecule has 0 bridgehead atoms. The minimum atomic E-state index is -5.09. The van der Waals surface area contributed by atoms with Crippen LogP contribution in [0.5, 0.6) is 11.8 Å². The number of ether oxygens (including phenoxy) is 2. The number of nitrogens with one attached hydrogen (secondary N) is 2. The van der Waals surface area contributed by atoms with Crippen molar-refractivity contribution in [3.63, 3.8) is 0 Å². The first kappa shape index (κ1) is 45.1. The molecule has 1 aromatic heterocycles. The summed E-state index contributed by atoms with van der Waals surface area (Å²) in [6.07, 6.45) is -6.50. The summed E-state index contributed by atoms with van der Waals surface area (Å²) in [6.45, 7) is 3.82. The maximum Gasteiger partial charge on any atom is 0.408 e. The largest absolute Gasteiger partial charge is 0.472 e. The van der Waals surface area contributed by atoms with Crippen LogP contribution in [0.25, 0.3) is 10.8 Å². The van der Waals surface area contributed by atoms with Gasteiger partial charge in [0.2, 0.25) is 33.6 Å². The molecular formula is C39H47ClF5N5O9S. The van der Waals surface area contributed by atoms with Crippen LogP contribution in [0.2, 0.25) is 5.02 Å². The van der Waals surface area contributed by atoms with Gasteiger partial charge in [-0.25, -0.2) is 22.0 Å². The summed E-state index contributed by atoms with van der Waals surface area (Å²) >= 11 is 6.42. The van der Waals surface area contributed by atoms with Crippen molar-refractivity contribution in [3.05, 3.63) is 41.4 Å². The molecular weight excluding hydrogens is 845 g/mol. The number of aromatic nitrogens is 1. The van der Waals surface area contributed by atoms with Crippen molar-refractivity contribution < 1.29 is 64.1 Å². The SMILES string of the molecule is C[C@@H]1CC/C=C\[C@@H]2C[C@@]2(C(=O)NS(=O)(=O)C2(C)CC2)NC(=O)[C@@H]2C[C@@H](Oc3nc(OCC(F)F)cc4c(Cl)cccc34)CN2C(=O)[C@@H](N(C(=O)O)[C@H](C)C(F)(F)F)[C@H](C)C1. The first-order chi connectivity index (χ1) is 28.0. The Morgan fingerprint density at radius 3 is 2.50 bits per heavy atom. The highest BCUT2D eigenvalue weighted by atomic mass is 35.5. The molecule has 4 aliphatic rings. The topological polar surface area (TPSA) is 185 Å². The lowest BCUT2D eigenvalue weighted by molar-refractivity contribution is -0.184. The molecule has 60 heavy (non-hydrogen) atoms. The van der Waals surface area contributed by atoms with Gasteiger partial charge in [-0.05, 0) is 76.3 Å². The Morgan fingerprint density at radius 2 is 1.87 bits per heavy atom. The van der Waals surface area contributed by atoms with Crippen LogP contribution in [-0.4, -0.2) is 112 Å². The van der Waals surface area contributed by atoms with Gasteiger partial charge in [-0.15, -0.1) is 0 Å². The number of carboxylic acid groups (broad SMARTS) is 1. The number of allylic oxidation sites excluding steroid dienone is 1. The molecule has 14 nitrogen and oxygen atoms in total. The maximum atomic E-state index is 14.9. The van der Waals surface area contributed by atoms with E-state index in [9.17, 15) is 54.7 Å². The Balaban J connectivity index is 1.42. The number of carbonyl (C=O) groups is 4. The van der Waals surface area contributed by atoms with Crippen LogP contribution >= 0.6 is 11.6 Å². The average Bonchev–Trinajstić information content (AvgIpc) is 4.03. The lowest BCUT2D eigenvalue weighted by Gasteiger charge is -2.40. The van der Waals surface area contributed by atoms with Gasteiger partial charge in [-0.1, -0.05) is 43.7 Å². The number of halogens is 6. The number of fused-ring (bicyclic) bond motifs is 3. The molecule has 6 rings (SSSR count). The van der Waals surface area contributed by atoms with E-state index in [1.807, 2.05) is 0 Å². The highest BCUT2D eigenvalue weighted by Gasteiger charge is 2.63. The third-order valence-corrected chi connectivity index (χ3v) is 14.5. The fourth-order valence-electron chi connectivity index (χ4n) is 8.11. The molecule has 1 aromatic carbocycles. The van der Waals surface area contributed by atoms with Gasteiger partial charge in [0.15, 0.2) is 6.61 Å². The Hall–Kier alpha value is -4.46. The van der Waals surface area contributed by atoms with E-state index >= 15 is 0 Å². The van der Waals surface area contributed by atoms with E-state index in [0.717, 1.165) is 4.90 Å². The van der Waals surface area contributed by atoms with Crippen molar-refractivity contribution in [1.29, 1.82) is 0 Å². The molecule has 3 heterocycles. The van der Waals surface area contributed by atoms with E-state index in [-0.39, 0.29) is 57.6 Å². The molecule has 3 fully saturated rings. The lowest BCUT2D eigenvalue weighted by atomic mass is 9.86. The lowest BCUT2D eigenvalue weighted by Crippen LogP contribution is -2.62. The van der Waals surface area contributed by atoms with Crippen molar-refractivity contribution >= 4 is 56.2 Å². The van der Waals surface area contributed by atoms with Crippen LogP contribution in [0.1, 0.15) is 72.6 Å². The molecule has 4 amide bonds. The van der Waals surface area contributed by atoms with Gasteiger partial charge < -0.3 is 24.8 Å². The number of hydrogen-bond donors (Lipinski definition) is 3. The molecule has 0 unspecified atom stereocenters. The second-order valence-electron chi connectivity index (χ2n) is 16.6. The zero-order chi connectivity index (χ0) is 44.1. The molecule has 0 radical (unpaired) electrons. The summed E-state index contributed by atoms with van der Waals surface area (Å²) in [5.74, 6) is -5.56. The maximum absolute atomic E-state index is 14.9. The van der Waals surface area contributed by atoms with E-state index in [2.05, 4.69) is 15.0 Å². The quantitative estimate of drug-likeness (QED) is 0.187. The molecule has 2 saturated carbocycles. The number of amides is 4. The number of sulfonamides is 1. The fraction of sp³-hybridized carbons (Fsp3) is 0.615. The number of pyridine rings is 1. The summed E-state index contributed by atoms with van der Waals surface area (Å²) in [6, 6.07) is -0.285. The van der Waals surface area contributed by atoms with Crippen molar-refractivity contribution in [2.75, 3.05) is 13.2 Å². The predicted octanol–water partition coefficient (Wildman–Crippen LogP) is 6.07. The van der Waals surface area contributed by atoms with E-state index in [0.29, 0.717) is 32.6 Å². The minimum Gasteiger partial charge on any atom is -0.472 e. The van der Waals surface area contributed by atoms with Gasteiger partial charge in [0.1, 0.15) is 29.8 Å². The summed E-state index contributed by atoms with van der Waals surface area (Å²) < 4.78 is 108. The van der Waals surface area contributed by atoms with Crippen LogP contribution in [0.15, 0.2) is 36.4 Å². The van der Waals surface area contributed by atoms with Crippen molar-refractivity contribution in [2.24, 2.45) is 17.8 Å². The smallest absolute Gasteiger partial charge is 0.408 e. The van der Waals surface area contributed by atoms with Crippen LogP contribution in [-0.2, 0) is 24.4 Å². The first-order valence-corrected chi connectivity index (χ1v) is 21.4. The Morgan fingerprint density at radius 1 is 1.17 bits per heavy atom. The summed E-state index contributed by atoms with van der Waals surface area (Å²) in [7, 11) is -4.17. The van der Waals surface area contributed by atoms with E-state index < -0.39 is 106 Å². The number of benzene rings is 1. The zero-order valence-electron chi connectivity index (χ0n) is 33.2. The Kier molecular flexibility index (Phi) is 12.6. The summed E-state index contributed by atoms with van der Waals surface area (Å²) in [5.41, 5.74) is -1.79. The number of carbonyl (C=O) groups excluding carboxylic acids is 3. The normalized spacial score (nSPS) is 29.3.